The maximum atomic E-state index is 12.2. The number of nitrogens with zero attached hydrogens (tertiary/aromatic N) is 1. The lowest BCUT2D eigenvalue weighted by atomic mass is 9.93. The van der Waals surface area contributed by atoms with E-state index in [-0.39, 0.29) is 5.91 Å². The van der Waals surface area contributed by atoms with Crippen LogP contribution in [-0.4, -0.2) is 29.1 Å². The first kappa shape index (κ1) is 17.4. The molecule has 1 unspecified atom stereocenters. The predicted molar refractivity (Wildman–Crippen MR) is 98.9 cm³/mol. The van der Waals surface area contributed by atoms with Crippen LogP contribution in [0, 0.1) is 5.92 Å². The number of carbonyl (C=O) groups is 1. The van der Waals surface area contributed by atoms with E-state index in [1.165, 1.54) is 5.56 Å². The average Bonchev–Trinajstić information content (AvgIpc) is 2.69. The van der Waals surface area contributed by atoms with Gasteiger partial charge in [-0.05, 0) is 43.0 Å². The van der Waals surface area contributed by atoms with Gasteiger partial charge in [0.05, 0.1) is 0 Å². The van der Waals surface area contributed by atoms with E-state index in [0.29, 0.717) is 5.92 Å². The van der Waals surface area contributed by atoms with Crippen LogP contribution in [0.4, 0.5) is 0 Å². The number of piperidine rings is 1. The largest absolute Gasteiger partial charge is 0.289 e. The number of amides is 1. The molecule has 1 atom stereocenters. The molecular formula is C21H24N2O2. The third-order valence-electron chi connectivity index (χ3n) is 4.77. The summed E-state index contributed by atoms with van der Waals surface area (Å²) in [5, 5.41) is 9.12. The quantitative estimate of drug-likeness (QED) is 0.647. The number of hydrogen-bond acceptors (Lipinski definition) is 3. The molecule has 3 rings (SSSR count). The first-order valence-electron chi connectivity index (χ1n) is 8.74. The second kappa shape index (κ2) is 8.60. The van der Waals surface area contributed by atoms with Crippen LogP contribution in [0.25, 0.3) is 6.08 Å². The maximum Gasteiger partial charge on any atom is 0.265 e. The molecule has 25 heavy (non-hydrogen) atoms. The van der Waals surface area contributed by atoms with Crippen LogP contribution in [-0.2, 0) is 4.79 Å². The van der Waals surface area contributed by atoms with E-state index in [0.717, 1.165) is 31.5 Å². The van der Waals surface area contributed by atoms with E-state index in [2.05, 4.69) is 29.2 Å². The molecule has 1 aliphatic heterocycles. The number of benzene rings is 2. The molecule has 0 aromatic heterocycles. The van der Waals surface area contributed by atoms with Crippen LogP contribution in [0.5, 0.6) is 0 Å². The molecule has 2 N–H and O–H groups in total. The second-order valence-corrected chi connectivity index (χ2v) is 6.43. The van der Waals surface area contributed by atoms with Gasteiger partial charge < -0.3 is 0 Å². The summed E-state index contributed by atoms with van der Waals surface area (Å²) in [6, 6.07) is 19.5. The Morgan fingerprint density at radius 2 is 1.64 bits per heavy atom. The monoisotopic (exact) mass is 336 g/mol. The van der Waals surface area contributed by atoms with Gasteiger partial charge in [0, 0.05) is 0 Å². The van der Waals surface area contributed by atoms with Gasteiger partial charge in [-0.25, -0.2) is 5.48 Å². The van der Waals surface area contributed by atoms with Crippen molar-refractivity contribution in [1.82, 2.24) is 10.4 Å². The van der Waals surface area contributed by atoms with Crippen molar-refractivity contribution in [3.63, 3.8) is 0 Å². The van der Waals surface area contributed by atoms with Gasteiger partial charge in [-0.2, -0.15) is 0 Å². The Morgan fingerprint density at radius 3 is 2.24 bits per heavy atom. The minimum Gasteiger partial charge on any atom is -0.289 e. The zero-order valence-corrected chi connectivity index (χ0v) is 14.2. The SMILES string of the molecule is O=C(NO)C(c1ccccc1)N1CCC(C=Cc2ccccc2)CC1. The molecule has 1 saturated heterocycles. The average molecular weight is 336 g/mol. The Hall–Kier alpha value is -2.43. The summed E-state index contributed by atoms with van der Waals surface area (Å²) in [6.45, 7) is 1.66. The fraction of sp³-hybridized carbons (Fsp3) is 0.286. The predicted octanol–water partition coefficient (Wildman–Crippen LogP) is 3.66. The molecule has 2 aromatic rings. The minimum atomic E-state index is -0.440. The van der Waals surface area contributed by atoms with Gasteiger partial charge in [-0.15, -0.1) is 0 Å². The summed E-state index contributed by atoms with van der Waals surface area (Å²) < 4.78 is 0. The van der Waals surface area contributed by atoms with Gasteiger partial charge in [0.15, 0.2) is 0 Å². The standard InChI is InChI=1S/C21H24N2O2/c24-21(22-25)20(19-9-5-2-6-10-19)23-15-13-18(14-16-23)12-11-17-7-3-1-4-8-17/h1-12,18,20,25H,13-16H2,(H,22,24). The molecule has 1 aliphatic rings. The molecule has 0 radical (unpaired) electrons. The topological polar surface area (TPSA) is 52.6 Å². The Bertz CT molecular complexity index is 692. The van der Waals surface area contributed by atoms with Crippen molar-refractivity contribution >= 4 is 12.0 Å². The van der Waals surface area contributed by atoms with E-state index in [4.69, 9.17) is 5.21 Å². The normalized spacial score (nSPS) is 17.5. The molecule has 4 nitrogen and oxygen atoms in total. The molecular weight excluding hydrogens is 312 g/mol. The van der Waals surface area contributed by atoms with Crippen LogP contribution < -0.4 is 5.48 Å². The van der Waals surface area contributed by atoms with Gasteiger partial charge in [0.25, 0.3) is 5.91 Å². The number of allylic oxidation sites excluding steroid dienone is 1. The van der Waals surface area contributed by atoms with Crippen LogP contribution >= 0.6 is 0 Å². The van der Waals surface area contributed by atoms with Crippen LogP contribution in [0.2, 0.25) is 0 Å². The number of hydrogen-bond donors (Lipinski definition) is 2. The summed E-state index contributed by atoms with van der Waals surface area (Å²) >= 11 is 0. The van der Waals surface area contributed by atoms with E-state index in [1.54, 1.807) is 0 Å². The van der Waals surface area contributed by atoms with E-state index in [9.17, 15) is 4.79 Å². The van der Waals surface area contributed by atoms with Gasteiger partial charge >= 0.3 is 0 Å². The fourth-order valence-electron chi connectivity index (χ4n) is 3.41. The molecule has 130 valence electrons. The van der Waals surface area contributed by atoms with Crippen molar-refractivity contribution in [2.75, 3.05) is 13.1 Å². The third-order valence-corrected chi connectivity index (χ3v) is 4.77. The molecule has 1 amide bonds. The summed E-state index contributed by atoms with van der Waals surface area (Å²) in [7, 11) is 0. The zero-order valence-electron chi connectivity index (χ0n) is 14.2. The summed E-state index contributed by atoms with van der Waals surface area (Å²) in [5.41, 5.74) is 3.95. The van der Waals surface area contributed by atoms with Crippen molar-refractivity contribution in [3.8, 4) is 0 Å². The van der Waals surface area contributed by atoms with Gasteiger partial charge in [-0.3, -0.25) is 14.9 Å². The highest BCUT2D eigenvalue weighted by atomic mass is 16.5. The zero-order chi connectivity index (χ0) is 17.5. The molecule has 0 aliphatic carbocycles. The smallest absolute Gasteiger partial charge is 0.265 e. The van der Waals surface area contributed by atoms with E-state index < -0.39 is 6.04 Å². The van der Waals surface area contributed by atoms with Crippen molar-refractivity contribution in [1.29, 1.82) is 0 Å². The summed E-state index contributed by atoms with van der Waals surface area (Å²) in [4.78, 5) is 14.3. The van der Waals surface area contributed by atoms with Crippen LogP contribution in [0.15, 0.2) is 66.7 Å². The highest BCUT2D eigenvalue weighted by molar-refractivity contribution is 5.82. The van der Waals surface area contributed by atoms with Crippen molar-refractivity contribution < 1.29 is 10.0 Å². The number of carbonyl (C=O) groups excluding carboxylic acids is 1. The van der Waals surface area contributed by atoms with Gasteiger partial charge in [0.2, 0.25) is 0 Å². The number of likely N-dealkylation sites (tertiary alicyclic amines) is 1. The van der Waals surface area contributed by atoms with Crippen molar-refractivity contribution in [3.05, 3.63) is 77.9 Å². The van der Waals surface area contributed by atoms with Gasteiger partial charge in [0.1, 0.15) is 6.04 Å². The van der Waals surface area contributed by atoms with Crippen LogP contribution in [0.3, 0.4) is 0 Å². The third kappa shape index (κ3) is 4.56. The molecule has 0 bridgehead atoms. The Labute approximate surface area is 148 Å². The molecule has 1 fully saturated rings. The lowest BCUT2D eigenvalue weighted by Crippen LogP contribution is -2.43. The molecule has 4 heteroatoms. The summed E-state index contributed by atoms with van der Waals surface area (Å²) in [6.07, 6.45) is 6.46. The minimum absolute atomic E-state index is 0.371. The molecule has 1 heterocycles. The van der Waals surface area contributed by atoms with Gasteiger partial charge in [-0.1, -0.05) is 72.8 Å². The highest BCUT2D eigenvalue weighted by Gasteiger charge is 2.30. The van der Waals surface area contributed by atoms with E-state index >= 15 is 0 Å². The molecule has 0 spiro atoms. The summed E-state index contributed by atoms with van der Waals surface area (Å²) in [5.74, 6) is 0.148. The van der Waals surface area contributed by atoms with Crippen molar-refractivity contribution in [2.45, 2.75) is 18.9 Å². The number of rotatable bonds is 5. The molecule has 0 saturated carbocycles. The number of hydroxylamine groups is 1. The lowest BCUT2D eigenvalue weighted by molar-refractivity contribution is -0.135. The Morgan fingerprint density at radius 1 is 1.04 bits per heavy atom. The number of nitrogens with one attached hydrogen (secondary N) is 1. The van der Waals surface area contributed by atoms with Crippen molar-refractivity contribution in [2.24, 2.45) is 5.92 Å². The van der Waals surface area contributed by atoms with E-state index in [1.807, 2.05) is 54.0 Å². The highest BCUT2D eigenvalue weighted by Crippen LogP contribution is 2.28. The lowest BCUT2D eigenvalue weighted by Gasteiger charge is -2.35. The van der Waals surface area contributed by atoms with Crippen LogP contribution in [0.1, 0.15) is 30.0 Å². The Balaban J connectivity index is 1.63. The second-order valence-electron chi connectivity index (χ2n) is 6.43. The maximum absolute atomic E-state index is 12.2. The Kier molecular flexibility index (Phi) is 5.99. The first-order chi connectivity index (χ1) is 12.3. The first-order valence-corrected chi connectivity index (χ1v) is 8.74. The molecule has 2 aromatic carbocycles. The fourth-order valence-corrected chi connectivity index (χ4v) is 3.41.